The van der Waals surface area contributed by atoms with Gasteiger partial charge in [0.2, 0.25) is 5.88 Å². The van der Waals surface area contributed by atoms with E-state index in [9.17, 15) is 4.79 Å². The third kappa shape index (κ3) is 7.24. The molecule has 0 atom stereocenters. The van der Waals surface area contributed by atoms with Crippen LogP contribution in [0.1, 0.15) is 15.9 Å². The van der Waals surface area contributed by atoms with E-state index in [0.717, 1.165) is 17.9 Å². The summed E-state index contributed by atoms with van der Waals surface area (Å²) in [6.07, 6.45) is 1.59. The molecule has 27 heavy (non-hydrogen) atoms. The van der Waals surface area contributed by atoms with Gasteiger partial charge in [-0.05, 0) is 43.9 Å². The molecule has 0 saturated carbocycles. The molecule has 0 aliphatic heterocycles. The quantitative estimate of drug-likeness (QED) is 0.607. The van der Waals surface area contributed by atoms with Crippen LogP contribution in [0.15, 0.2) is 42.6 Å². The molecule has 1 aromatic carbocycles. The minimum atomic E-state index is -0.234. The summed E-state index contributed by atoms with van der Waals surface area (Å²) in [6, 6.07) is 11.1. The maximum absolute atomic E-state index is 12.5. The van der Waals surface area contributed by atoms with Crippen LogP contribution in [0.25, 0.3) is 0 Å². The van der Waals surface area contributed by atoms with E-state index in [-0.39, 0.29) is 5.91 Å². The lowest BCUT2D eigenvalue weighted by Gasteiger charge is -2.12. The first-order valence-electron chi connectivity index (χ1n) is 8.81. The van der Waals surface area contributed by atoms with Gasteiger partial charge in [-0.25, -0.2) is 4.98 Å². The van der Waals surface area contributed by atoms with Gasteiger partial charge in [-0.15, -0.1) is 0 Å². The Morgan fingerprint density at radius 1 is 1.07 bits per heavy atom. The zero-order valence-electron chi connectivity index (χ0n) is 16.1. The van der Waals surface area contributed by atoms with E-state index in [1.54, 1.807) is 25.4 Å². The number of likely N-dealkylation sites (N-methyl/N-ethyl adjacent to an activating group) is 1. The number of aromatic nitrogens is 1. The Morgan fingerprint density at radius 3 is 2.56 bits per heavy atom. The summed E-state index contributed by atoms with van der Waals surface area (Å²) in [5, 5.41) is 2.89. The predicted octanol–water partition coefficient (Wildman–Crippen LogP) is 1.98. The Balaban J connectivity index is 1.86. The van der Waals surface area contributed by atoms with E-state index in [1.807, 2.05) is 38.4 Å². The van der Waals surface area contributed by atoms with E-state index in [0.29, 0.717) is 37.8 Å². The summed E-state index contributed by atoms with van der Waals surface area (Å²) in [5.41, 5.74) is 1.38. The number of hydrogen-bond acceptors (Lipinski definition) is 6. The number of rotatable bonds is 11. The van der Waals surface area contributed by atoms with Crippen LogP contribution in [0.3, 0.4) is 0 Å². The molecule has 146 valence electrons. The fourth-order valence-corrected chi connectivity index (χ4v) is 2.23. The van der Waals surface area contributed by atoms with Gasteiger partial charge in [0.1, 0.15) is 24.5 Å². The largest absolute Gasteiger partial charge is 0.492 e. The maximum Gasteiger partial charge on any atom is 0.257 e. The van der Waals surface area contributed by atoms with Crippen molar-refractivity contribution in [1.82, 2.24) is 15.2 Å². The number of ether oxygens (including phenoxy) is 3. The standard InChI is InChI=1S/C20H27N3O4/c1-23(2)11-12-26-17-8-6-16(7-9-17)15-22-19(24)18-5-4-10-21-20(18)27-14-13-25-3/h4-10H,11-15H2,1-3H3,(H,22,24). The molecule has 0 aliphatic rings. The summed E-state index contributed by atoms with van der Waals surface area (Å²) in [7, 11) is 5.60. The summed E-state index contributed by atoms with van der Waals surface area (Å²) in [4.78, 5) is 18.6. The second kappa shape index (κ2) is 11.2. The van der Waals surface area contributed by atoms with E-state index in [1.165, 1.54) is 0 Å². The molecule has 1 aromatic heterocycles. The molecule has 0 unspecified atom stereocenters. The minimum Gasteiger partial charge on any atom is -0.492 e. The zero-order chi connectivity index (χ0) is 19.5. The first-order chi connectivity index (χ1) is 13.1. The molecule has 0 aliphatic carbocycles. The Bertz CT molecular complexity index is 705. The van der Waals surface area contributed by atoms with E-state index in [2.05, 4.69) is 15.2 Å². The van der Waals surface area contributed by atoms with Crippen molar-refractivity contribution in [3.8, 4) is 11.6 Å². The van der Waals surface area contributed by atoms with Crippen molar-refractivity contribution in [3.63, 3.8) is 0 Å². The van der Waals surface area contributed by atoms with Crippen molar-refractivity contribution in [2.24, 2.45) is 0 Å². The van der Waals surface area contributed by atoms with Crippen molar-refractivity contribution < 1.29 is 19.0 Å². The van der Waals surface area contributed by atoms with Crippen LogP contribution in [0.5, 0.6) is 11.6 Å². The van der Waals surface area contributed by atoms with Crippen molar-refractivity contribution >= 4 is 5.91 Å². The number of nitrogens with zero attached hydrogens (tertiary/aromatic N) is 2. The third-order valence-electron chi connectivity index (χ3n) is 3.73. The number of hydrogen-bond donors (Lipinski definition) is 1. The predicted molar refractivity (Wildman–Crippen MR) is 103 cm³/mol. The second-order valence-corrected chi connectivity index (χ2v) is 6.18. The minimum absolute atomic E-state index is 0.234. The highest BCUT2D eigenvalue weighted by Gasteiger charge is 2.13. The van der Waals surface area contributed by atoms with Crippen LogP contribution in [-0.4, -0.2) is 63.4 Å². The highest BCUT2D eigenvalue weighted by molar-refractivity contribution is 5.96. The van der Waals surface area contributed by atoms with Gasteiger partial charge >= 0.3 is 0 Å². The summed E-state index contributed by atoms with van der Waals surface area (Å²) >= 11 is 0. The summed E-state index contributed by atoms with van der Waals surface area (Å²) < 4.78 is 16.1. The van der Waals surface area contributed by atoms with Crippen LogP contribution in [0, 0.1) is 0 Å². The van der Waals surface area contributed by atoms with E-state index in [4.69, 9.17) is 14.2 Å². The molecule has 0 bridgehead atoms. The first-order valence-corrected chi connectivity index (χ1v) is 8.81. The molecular formula is C20H27N3O4. The Hall–Kier alpha value is -2.64. The summed E-state index contributed by atoms with van der Waals surface area (Å²) in [5.74, 6) is 0.881. The van der Waals surface area contributed by atoms with Gasteiger partial charge < -0.3 is 24.4 Å². The average Bonchev–Trinajstić information content (AvgIpc) is 2.67. The zero-order valence-corrected chi connectivity index (χ0v) is 16.1. The van der Waals surface area contributed by atoms with Crippen molar-refractivity contribution in [2.75, 3.05) is 47.6 Å². The van der Waals surface area contributed by atoms with Gasteiger partial charge in [0.25, 0.3) is 5.91 Å². The van der Waals surface area contributed by atoms with Gasteiger partial charge in [0.15, 0.2) is 0 Å². The molecule has 7 nitrogen and oxygen atoms in total. The van der Waals surface area contributed by atoms with Crippen LogP contribution in [0.4, 0.5) is 0 Å². The Morgan fingerprint density at radius 2 is 1.85 bits per heavy atom. The van der Waals surface area contributed by atoms with E-state index < -0.39 is 0 Å². The number of pyridine rings is 1. The number of nitrogens with one attached hydrogen (secondary N) is 1. The van der Waals surface area contributed by atoms with Crippen LogP contribution < -0.4 is 14.8 Å². The van der Waals surface area contributed by atoms with Gasteiger partial charge in [0, 0.05) is 26.4 Å². The highest BCUT2D eigenvalue weighted by Crippen LogP contribution is 2.15. The fourth-order valence-electron chi connectivity index (χ4n) is 2.23. The topological polar surface area (TPSA) is 72.9 Å². The number of amides is 1. The number of carbonyl (C=O) groups is 1. The highest BCUT2D eigenvalue weighted by atomic mass is 16.5. The molecule has 0 fully saturated rings. The third-order valence-corrected chi connectivity index (χ3v) is 3.73. The monoisotopic (exact) mass is 373 g/mol. The molecule has 2 rings (SSSR count). The van der Waals surface area contributed by atoms with Crippen molar-refractivity contribution in [3.05, 3.63) is 53.7 Å². The molecule has 1 N–H and O–H groups in total. The van der Waals surface area contributed by atoms with Gasteiger partial charge in [0.05, 0.1) is 6.61 Å². The molecule has 1 heterocycles. The van der Waals surface area contributed by atoms with E-state index >= 15 is 0 Å². The molecule has 0 saturated heterocycles. The Labute approximate surface area is 160 Å². The van der Waals surface area contributed by atoms with Crippen LogP contribution in [0.2, 0.25) is 0 Å². The number of carbonyl (C=O) groups excluding carboxylic acids is 1. The van der Waals surface area contributed by atoms with Gasteiger partial charge in [-0.1, -0.05) is 12.1 Å². The second-order valence-electron chi connectivity index (χ2n) is 6.18. The lowest BCUT2D eigenvalue weighted by Crippen LogP contribution is -2.24. The summed E-state index contributed by atoms with van der Waals surface area (Å²) in [6.45, 7) is 2.67. The molecule has 2 aromatic rings. The maximum atomic E-state index is 12.5. The number of methoxy groups -OCH3 is 1. The normalized spacial score (nSPS) is 10.7. The average molecular weight is 373 g/mol. The fraction of sp³-hybridized carbons (Fsp3) is 0.400. The van der Waals surface area contributed by atoms with Crippen molar-refractivity contribution in [1.29, 1.82) is 0 Å². The smallest absolute Gasteiger partial charge is 0.257 e. The van der Waals surface area contributed by atoms with Gasteiger partial charge in [-0.3, -0.25) is 4.79 Å². The molecular weight excluding hydrogens is 346 g/mol. The van der Waals surface area contributed by atoms with Gasteiger partial charge in [-0.2, -0.15) is 0 Å². The number of benzene rings is 1. The molecule has 7 heteroatoms. The Kier molecular flexibility index (Phi) is 8.54. The van der Waals surface area contributed by atoms with Crippen LogP contribution in [-0.2, 0) is 11.3 Å². The molecule has 1 amide bonds. The molecule has 0 spiro atoms. The van der Waals surface area contributed by atoms with Crippen molar-refractivity contribution in [2.45, 2.75) is 6.54 Å². The SMILES string of the molecule is COCCOc1ncccc1C(=O)NCc1ccc(OCCN(C)C)cc1. The van der Waals surface area contributed by atoms with Crippen LogP contribution >= 0.6 is 0 Å². The first kappa shape index (κ1) is 20.7. The lowest BCUT2D eigenvalue weighted by molar-refractivity contribution is 0.0941. The molecule has 0 radical (unpaired) electrons. The lowest BCUT2D eigenvalue weighted by atomic mass is 10.2.